The van der Waals surface area contributed by atoms with Gasteiger partial charge in [0.2, 0.25) is 0 Å². The molecule has 40 heavy (non-hydrogen) atoms. The van der Waals surface area contributed by atoms with Crippen LogP contribution >= 0.6 is 11.8 Å². The van der Waals surface area contributed by atoms with Crippen molar-refractivity contribution in [3.05, 3.63) is 140 Å². The summed E-state index contributed by atoms with van der Waals surface area (Å²) >= 11 is 1.89. The van der Waals surface area contributed by atoms with Crippen LogP contribution < -0.4 is 0 Å². The molecule has 2 heterocycles. The van der Waals surface area contributed by atoms with E-state index in [0.29, 0.717) is 0 Å². The van der Waals surface area contributed by atoms with Crippen molar-refractivity contribution in [1.82, 2.24) is 4.57 Å². The first kappa shape index (κ1) is 22.1. The topological polar surface area (TPSA) is 4.93 Å². The van der Waals surface area contributed by atoms with Gasteiger partial charge in [0, 0.05) is 31.6 Å². The Morgan fingerprint density at radius 2 is 1.20 bits per heavy atom. The maximum absolute atomic E-state index is 2.43. The maximum atomic E-state index is 2.43. The van der Waals surface area contributed by atoms with Crippen molar-refractivity contribution in [3.63, 3.8) is 0 Å². The van der Waals surface area contributed by atoms with Gasteiger partial charge in [0.05, 0.1) is 11.0 Å². The van der Waals surface area contributed by atoms with Crippen molar-refractivity contribution in [3.8, 4) is 27.9 Å². The summed E-state index contributed by atoms with van der Waals surface area (Å²) in [4.78, 5) is 2.66. The third-order valence-corrected chi connectivity index (χ3v) is 9.48. The van der Waals surface area contributed by atoms with E-state index in [0.717, 1.165) is 0 Å². The van der Waals surface area contributed by atoms with Crippen LogP contribution in [0, 0.1) is 0 Å². The van der Waals surface area contributed by atoms with Crippen LogP contribution in [-0.2, 0) is 0 Å². The Kier molecular flexibility index (Phi) is 4.61. The van der Waals surface area contributed by atoms with E-state index in [9.17, 15) is 0 Å². The zero-order valence-electron chi connectivity index (χ0n) is 21.6. The summed E-state index contributed by atoms with van der Waals surface area (Å²) in [7, 11) is 0. The van der Waals surface area contributed by atoms with E-state index in [1.807, 2.05) is 11.8 Å². The molecule has 8 aromatic rings. The number of fused-ring (bicyclic) bond motifs is 6. The average Bonchev–Trinajstić information content (AvgIpc) is 3.34. The highest BCUT2D eigenvalue weighted by atomic mass is 32.2. The lowest BCUT2D eigenvalue weighted by atomic mass is 9.90. The van der Waals surface area contributed by atoms with Crippen LogP contribution in [-0.4, -0.2) is 4.57 Å². The van der Waals surface area contributed by atoms with Crippen molar-refractivity contribution in [2.45, 2.75) is 9.79 Å². The lowest BCUT2D eigenvalue weighted by molar-refractivity contribution is 1.18. The molecular formula is C38H23NS. The van der Waals surface area contributed by atoms with E-state index in [-0.39, 0.29) is 0 Å². The van der Waals surface area contributed by atoms with E-state index in [1.54, 1.807) is 0 Å². The van der Waals surface area contributed by atoms with E-state index < -0.39 is 0 Å². The molecule has 0 atom stereocenters. The lowest BCUT2D eigenvalue weighted by Gasteiger charge is -2.21. The summed E-state index contributed by atoms with van der Waals surface area (Å²) in [6.45, 7) is 0. The summed E-state index contributed by atoms with van der Waals surface area (Å²) in [6, 6.07) is 51.2. The minimum atomic E-state index is 1.18. The molecule has 2 heteroatoms. The van der Waals surface area contributed by atoms with Gasteiger partial charge in [-0.05, 0) is 80.9 Å². The fraction of sp³-hybridized carbons (Fsp3) is 0. The van der Waals surface area contributed by atoms with Crippen LogP contribution in [0.1, 0.15) is 0 Å². The largest absolute Gasteiger partial charge is 0.309 e. The molecule has 186 valence electrons. The van der Waals surface area contributed by atoms with Gasteiger partial charge in [0.1, 0.15) is 0 Å². The van der Waals surface area contributed by atoms with Crippen molar-refractivity contribution in [1.29, 1.82) is 0 Å². The Morgan fingerprint density at radius 3 is 2.10 bits per heavy atom. The number of hydrogen-bond acceptors (Lipinski definition) is 1. The summed E-state index contributed by atoms with van der Waals surface area (Å²) < 4.78 is 2.42. The summed E-state index contributed by atoms with van der Waals surface area (Å²) in [5, 5.41) is 7.79. The Hall–Kier alpha value is -4.79. The second kappa shape index (κ2) is 8.35. The molecule has 1 aliphatic heterocycles. The van der Waals surface area contributed by atoms with Crippen LogP contribution in [0.3, 0.4) is 0 Å². The number of rotatable bonds is 2. The van der Waals surface area contributed by atoms with Gasteiger partial charge in [-0.25, -0.2) is 0 Å². The van der Waals surface area contributed by atoms with Crippen molar-refractivity contribution >= 4 is 55.1 Å². The van der Waals surface area contributed by atoms with Crippen molar-refractivity contribution in [2.75, 3.05) is 0 Å². The lowest BCUT2D eigenvalue weighted by Crippen LogP contribution is -1.95. The van der Waals surface area contributed by atoms with Crippen LogP contribution in [0.4, 0.5) is 0 Å². The number of hydrogen-bond donors (Lipinski definition) is 0. The van der Waals surface area contributed by atoms with Gasteiger partial charge >= 0.3 is 0 Å². The molecular weight excluding hydrogens is 502 g/mol. The second-order valence-electron chi connectivity index (χ2n) is 10.5. The highest BCUT2D eigenvalue weighted by Gasteiger charge is 2.22. The Bertz CT molecular complexity index is 2290. The highest BCUT2D eigenvalue weighted by Crippen LogP contribution is 2.50. The van der Waals surface area contributed by atoms with Crippen LogP contribution in [0.25, 0.3) is 71.3 Å². The number of benzene rings is 7. The molecule has 1 nitrogen and oxygen atoms in total. The third kappa shape index (κ3) is 3.05. The first-order chi connectivity index (χ1) is 19.8. The van der Waals surface area contributed by atoms with Gasteiger partial charge < -0.3 is 4.57 Å². The number of aromatic nitrogens is 1. The average molecular weight is 526 g/mol. The highest BCUT2D eigenvalue weighted by molar-refractivity contribution is 7.99. The Labute approximate surface area is 236 Å². The minimum absolute atomic E-state index is 1.18. The van der Waals surface area contributed by atoms with Crippen LogP contribution in [0.5, 0.6) is 0 Å². The zero-order valence-corrected chi connectivity index (χ0v) is 22.5. The van der Waals surface area contributed by atoms with E-state index in [1.165, 1.54) is 81.1 Å². The maximum Gasteiger partial charge on any atom is 0.0553 e. The molecule has 0 aliphatic carbocycles. The minimum Gasteiger partial charge on any atom is -0.309 e. The first-order valence-corrected chi connectivity index (χ1v) is 14.5. The van der Waals surface area contributed by atoms with Gasteiger partial charge in [0.15, 0.2) is 0 Å². The molecule has 0 radical (unpaired) electrons. The van der Waals surface area contributed by atoms with Gasteiger partial charge in [-0.3, -0.25) is 0 Å². The van der Waals surface area contributed by atoms with Crippen molar-refractivity contribution in [2.24, 2.45) is 0 Å². The van der Waals surface area contributed by atoms with Gasteiger partial charge in [-0.2, -0.15) is 0 Å². The molecule has 0 spiro atoms. The molecule has 1 aliphatic rings. The summed E-state index contributed by atoms with van der Waals surface area (Å²) in [6.07, 6.45) is 0. The standard InChI is InChI=1S/C38H23NS/c1-2-13-27(14-3-1)39-32-18-7-6-16-30(32)38-33(39)23-25-10-4-5-15-28(25)37(38)26-20-21-34-31(22-26)29-17-8-11-24-12-9-19-35(40-34)36(24)29/h1-23H. The number of para-hydroxylation sites is 2. The molecule has 0 bridgehead atoms. The molecule has 0 N–H and O–H groups in total. The molecule has 0 saturated heterocycles. The van der Waals surface area contributed by atoms with Gasteiger partial charge in [0.25, 0.3) is 0 Å². The molecule has 9 rings (SSSR count). The molecule has 7 aromatic carbocycles. The van der Waals surface area contributed by atoms with Crippen molar-refractivity contribution < 1.29 is 0 Å². The molecule has 1 aromatic heterocycles. The molecule has 0 saturated carbocycles. The van der Waals surface area contributed by atoms with E-state index >= 15 is 0 Å². The predicted octanol–water partition coefficient (Wildman–Crippen LogP) is 10.9. The SMILES string of the molecule is c1ccc(-n2c3ccccc3c3c(-c4ccc5c(c4)-c4cccc6cccc(c46)S5)c4ccccc4cc32)cc1. The summed E-state index contributed by atoms with van der Waals surface area (Å²) in [5.74, 6) is 0. The van der Waals surface area contributed by atoms with Crippen LogP contribution in [0.15, 0.2) is 149 Å². The zero-order chi connectivity index (χ0) is 26.2. The summed E-state index contributed by atoms with van der Waals surface area (Å²) in [5.41, 5.74) is 8.85. The smallest absolute Gasteiger partial charge is 0.0553 e. The van der Waals surface area contributed by atoms with Gasteiger partial charge in [-0.15, -0.1) is 0 Å². The fourth-order valence-electron chi connectivity index (χ4n) is 6.67. The second-order valence-corrected chi connectivity index (χ2v) is 11.6. The quantitative estimate of drug-likeness (QED) is 0.217. The van der Waals surface area contributed by atoms with Gasteiger partial charge in [-0.1, -0.05) is 109 Å². The predicted molar refractivity (Wildman–Crippen MR) is 171 cm³/mol. The van der Waals surface area contributed by atoms with E-state index in [4.69, 9.17) is 0 Å². The number of nitrogens with zero attached hydrogens (tertiary/aromatic N) is 1. The van der Waals surface area contributed by atoms with E-state index in [2.05, 4.69) is 144 Å². The Morgan fingerprint density at radius 1 is 0.450 bits per heavy atom. The molecule has 0 fully saturated rings. The Balaban J connectivity index is 1.42. The van der Waals surface area contributed by atoms with Crippen LogP contribution in [0.2, 0.25) is 0 Å². The third-order valence-electron chi connectivity index (χ3n) is 8.34. The fourth-order valence-corrected chi connectivity index (χ4v) is 7.79. The normalized spacial score (nSPS) is 12.4. The molecule has 0 unspecified atom stereocenters. The first-order valence-electron chi connectivity index (χ1n) is 13.7. The molecule has 0 amide bonds. The monoisotopic (exact) mass is 525 g/mol.